The summed E-state index contributed by atoms with van der Waals surface area (Å²) in [6, 6.07) is 19.0. The predicted molar refractivity (Wildman–Crippen MR) is 139 cm³/mol. The minimum atomic E-state index is -0.743. The molecule has 0 radical (unpaired) electrons. The van der Waals surface area contributed by atoms with Gasteiger partial charge in [-0.3, -0.25) is 9.69 Å². The SMILES string of the molecule is O=C(O)CCC/C=C/C[C@@H]1[C@@H](N2CCCCC2)[C@H](O)C[C@@H]1OCc1ccc(-c2ccccc2)cc1. The summed E-state index contributed by atoms with van der Waals surface area (Å²) >= 11 is 0. The Morgan fingerprint density at radius 3 is 2.40 bits per heavy atom. The number of nitrogens with zero attached hydrogens (tertiary/aromatic N) is 1. The first-order valence-corrected chi connectivity index (χ1v) is 13.2. The van der Waals surface area contributed by atoms with E-state index in [1.165, 1.54) is 30.4 Å². The van der Waals surface area contributed by atoms with Crippen LogP contribution in [0.5, 0.6) is 0 Å². The monoisotopic (exact) mass is 477 g/mol. The second-order valence-corrected chi connectivity index (χ2v) is 9.96. The van der Waals surface area contributed by atoms with Crippen molar-refractivity contribution in [3.8, 4) is 11.1 Å². The molecular formula is C30H39NO4. The second kappa shape index (κ2) is 13.0. The van der Waals surface area contributed by atoms with Crippen LogP contribution >= 0.6 is 0 Å². The van der Waals surface area contributed by atoms with Crippen molar-refractivity contribution >= 4 is 5.97 Å². The number of hydrogen-bond donors (Lipinski definition) is 2. The van der Waals surface area contributed by atoms with Crippen molar-refractivity contribution in [3.05, 3.63) is 72.3 Å². The Morgan fingerprint density at radius 2 is 1.69 bits per heavy atom. The maximum atomic E-state index is 11.0. The van der Waals surface area contributed by atoms with Gasteiger partial charge in [-0.25, -0.2) is 0 Å². The van der Waals surface area contributed by atoms with Gasteiger partial charge in [-0.15, -0.1) is 0 Å². The molecule has 0 unspecified atom stereocenters. The largest absolute Gasteiger partial charge is 0.481 e. The van der Waals surface area contributed by atoms with Crippen LogP contribution < -0.4 is 0 Å². The molecule has 2 aromatic rings. The first kappa shape index (κ1) is 25.6. The summed E-state index contributed by atoms with van der Waals surface area (Å²) in [4.78, 5) is 13.2. The van der Waals surface area contributed by atoms with E-state index in [4.69, 9.17) is 9.84 Å². The van der Waals surface area contributed by atoms with Crippen molar-refractivity contribution < 1.29 is 19.7 Å². The molecule has 2 aromatic carbocycles. The molecule has 2 N–H and O–H groups in total. The van der Waals surface area contributed by atoms with Gasteiger partial charge in [0.25, 0.3) is 0 Å². The zero-order valence-electron chi connectivity index (χ0n) is 20.6. The quantitative estimate of drug-likeness (QED) is 0.322. The van der Waals surface area contributed by atoms with E-state index in [0.717, 1.165) is 31.5 Å². The smallest absolute Gasteiger partial charge is 0.303 e. The number of allylic oxidation sites excluding steroid dienone is 2. The molecule has 4 atom stereocenters. The van der Waals surface area contributed by atoms with E-state index in [1.807, 2.05) is 6.07 Å². The molecule has 1 saturated carbocycles. The zero-order chi connectivity index (χ0) is 24.5. The number of aliphatic hydroxyl groups is 1. The molecule has 1 aliphatic heterocycles. The van der Waals surface area contributed by atoms with Gasteiger partial charge in [0, 0.05) is 24.8 Å². The standard InChI is InChI=1S/C30H39NO4/c32-27-21-28(35-22-23-15-17-25(18-16-23)24-11-5-3-6-12-24)26(13-7-1-2-8-14-29(33)34)30(27)31-19-9-4-10-20-31/h1,3,5-7,11-12,15-18,26-28,30,32H,2,4,8-10,13-14,19-22H2,(H,33,34)/b7-1+/t26-,27+,28-,30+/m0/s1. The number of aliphatic hydroxyl groups excluding tert-OH is 1. The van der Waals surface area contributed by atoms with Crippen molar-refractivity contribution in [3.63, 3.8) is 0 Å². The molecule has 0 spiro atoms. The summed E-state index contributed by atoms with van der Waals surface area (Å²) < 4.78 is 6.45. The highest BCUT2D eigenvalue weighted by molar-refractivity contribution is 5.66. The minimum absolute atomic E-state index is 0.00870. The Kier molecular flexibility index (Phi) is 9.52. The molecule has 0 amide bonds. The number of hydrogen-bond acceptors (Lipinski definition) is 4. The van der Waals surface area contributed by atoms with Crippen LogP contribution in [0.25, 0.3) is 11.1 Å². The summed E-state index contributed by atoms with van der Waals surface area (Å²) in [6.07, 6.45) is 10.7. The van der Waals surface area contributed by atoms with Crippen molar-refractivity contribution in [1.29, 1.82) is 0 Å². The number of likely N-dealkylation sites (tertiary alicyclic amines) is 1. The van der Waals surface area contributed by atoms with Crippen LogP contribution in [0.3, 0.4) is 0 Å². The Bertz CT molecular complexity index is 937. The third-order valence-corrected chi connectivity index (χ3v) is 7.46. The molecule has 1 aliphatic carbocycles. The maximum Gasteiger partial charge on any atom is 0.303 e. The lowest BCUT2D eigenvalue weighted by molar-refractivity contribution is -0.137. The number of rotatable bonds is 11. The van der Waals surface area contributed by atoms with Crippen LogP contribution in [-0.4, -0.2) is 52.4 Å². The van der Waals surface area contributed by atoms with Crippen LogP contribution in [0.2, 0.25) is 0 Å². The van der Waals surface area contributed by atoms with Gasteiger partial charge in [-0.2, -0.15) is 0 Å². The first-order valence-electron chi connectivity index (χ1n) is 13.2. The molecule has 5 heteroatoms. The Morgan fingerprint density at radius 1 is 0.971 bits per heavy atom. The molecule has 2 aliphatic rings. The molecular weight excluding hydrogens is 438 g/mol. The first-order chi connectivity index (χ1) is 17.1. The number of aliphatic carboxylic acids is 1. The summed E-state index contributed by atoms with van der Waals surface area (Å²) in [5.41, 5.74) is 3.55. The highest BCUT2D eigenvalue weighted by atomic mass is 16.5. The lowest BCUT2D eigenvalue weighted by atomic mass is 9.93. The third kappa shape index (κ3) is 7.26. The van der Waals surface area contributed by atoms with Crippen LogP contribution in [0.1, 0.15) is 56.9 Å². The Balaban J connectivity index is 1.38. The number of ether oxygens (including phenoxy) is 1. The molecule has 188 valence electrons. The lowest BCUT2D eigenvalue weighted by Crippen LogP contribution is -2.47. The summed E-state index contributed by atoms with van der Waals surface area (Å²) in [5.74, 6) is -0.504. The van der Waals surface area contributed by atoms with Crippen molar-refractivity contribution in [2.24, 2.45) is 5.92 Å². The van der Waals surface area contributed by atoms with Gasteiger partial charge in [0.15, 0.2) is 0 Å². The number of unbranched alkanes of at least 4 members (excludes halogenated alkanes) is 1. The van der Waals surface area contributed by atoms with Crippen LogP contribution in [0.15, 0.2) is 66.7 Å². The summed E-state index contributed by atoms with van der Waals surface area (Å²) in [5, 5.41) is 19.9. The fourth-order valence-corrected chi connectivity index (χ4v) is 5.64. The molecule has 0 bridgehead atoms. The highest BCUT2D eigenvalue weighted by Gasteiger charge is 2.45. The maximum absolute atomic E-state index is 11.0. The predicted octanol–water partition coefficient (Wildman–Crippen LogP) is 5.68. The number of carboxylic acids is 1. The molecule has 1 saturated heterocycles. The van der Waals surface area contributed by atoms with E-state index in [9.17, 15) is 9.90 Å². The topological polar surface area (TPSA) is 70.0 Å². The van der Waals surface area contributed by atoms with Crippen molar-refractivity contribution in [1.82, 2.24) is 4.90 Å². The van der Waals surface area contributed by atoms with Crippen LogP contribution in [0.4, 0.5) is 0 Å². The summed E-state index contributed by atoms with van der Waals surface area (Å²) in [7, 11) is 0. The number of carboxylic acid groups (broad SMARTS) is 1. The summed E-state index contributed by atoms with van der Waals surface area (Å²) in [6.45, 7) is 2.64. The number of benzene rings is 2. The van der Waals surface area contributed by atoms with E-state index in [2.05, 4.69) is 65.6 Å². The minimum Gasteiger partial charge on any atom is -0.481 e. The third-order valence-electron chi connectivity index (χ3n) is 7.46. The molecule has 1 heterocycles. The van der Waals surface area contributed by atoms with E-state index in [1.54, 1.807) is 0 Å². The van der Waals surface area contributed by atoms with E-state index >= 15 is 0 Å². The van der Waals surface area contributed by atoms with E-state index in [0.29, 0.717) is 19.4 Å². The fraction of sp³-hybridized carbons (Fsp3) is 0.500. The van der Waals surface area contributed by atoms with Gasteiger partial charge in [0.05, 0.1) is 18.8 Å². The molecule has 4 rings (SSSR count). The average Bonchev–Trinajstić information content (AvgIpc) is 3.20. The van der Waals surface area contributed by atoms with Gasteiger partial charge in [0.2, 0.25) is 0 Å². The highest BCUT2D eigenvalue weighted by Crippen LogP contribution is 2.37. The van der Waals surface area contributed by atoms with Crippen molar-refractivity contribution in [2.75, 3.05) is 13.1 Å². The number of piperidine rings is 1. The fourth-order valence-electron chi connectivity index (χ4n) is 5.64. The van der Waals surface area contributed by atoms with Crippen LogP contribution in [0, 0.1) is 5.92 Å². The lowest BCUT2D eigenvalue weighted by Gasteiger charge is -2.37. The Labute approximate surface area is 209 Å². The normalized spacial score (nSPS) is 25.3. The van der Waals surface area contributed by atoms with Crippen molar-refractivity contribution in [2.45, 2.75) is 76.2 Å². The number of carbonyl (C=O) groups is 1. The van der Waals surface area contributed by atoms with Gasteiger partial charge in [0.1, 0.15) is 0 Å². The molecule has 2 fully saturated rings. The zero-order valence-corrected chi connectivity index (χ0v) is 20.6. The van der Waals surface area contributed by atoms with Gasteiger partial charge in [-0.05, 0) is 61.9 Å². The molecule has 35 heavy (non-hydrogen) atoms. The van der Waals surface area contributed by atoms with E-state index in [-0.39, 0.29) is 30.6 Å². The van der Waals surface area contributed by atoms with Gasteiger partial charge < -0.3 is 14.9 Å². The van der Waals surface area contributed by atoms with Gasteiger partial charge >= 0.3 is 5.97 Å². The van der Waals surface area contributed by atoms with E-state index < -0.39 is 5.97 Å². The van der Waals surface area contributed by atoms with Gasteiger partial charge in [-0.1, -0.05) is 73.2 Å². The Hall–Kier alpha value is -2.47. The molecule has 5 nitrogen and oxygen atoms in total. The molecule has 0 aromatic heterocycles. The van der Waals surface area contributed by atoms with Crippen LogP contribution in [-0.2, 0) is 16.1 Å². The second-order valence-electron chi connectivity index (χ2n) is 9.96. The average molecular weight is 478 g/mol.